The van der Waals surface area contributed by atoms with E-state index in [1.54, 1.807) is 7.11 Å². The van der Waals surface area contributed by atoms with Crippen molar-refractivity contribution in [1.82, 2.24) is 9.97 Å². The van der Waals surface area contributed by atoms with E-state index in [-0.39, 0.29) is 0 Å². The first-order chi connectivity index (χ1) is 9.19. The minimum absolute atomic E-state index is 0.721. The second kappa shape index (κ2) is 6.15. The average molecular weight is 321 g/mol. The Bertz CT molecular complexity index is 584. The summed E-state index contributed by atoms with van der Waals surface area (Å²) >= 11 is 3.46. The molecule has 2 aromatic rings. The largest absolute Gasteiger partial charge is 0.496 e. The molecule has 0 spiro atoms. The summed E-state index contributed by atoms with van der Waals surface area (Å²) in [5, 5.41) is 0.779. The first kappa shape index (κ1) is 14.0. The molecule has 0 unspecified atom stereocenters. The Morgan fingerprint density at radius 1 is 1.32 bits per heavy atom. The van der Waals surface area contributed by atoms with Crippen molar-refractivity contribution >= 4 is 15.9 Å². The third-order valence-electron chi connectivity index (χ3n) is 3.03. The minimum Gasteiger partial charge on any atom is -0.496 e. The highest BCUT2D eigenvalue weighted by Crippen LogP contribution is 2.29. The molecular weight excluding hydrogens is 304 g/mol. The molecule has 0 aliphatic heterocycles. The molecule has 0 bridgehead atoms. The summed E-state index contributed by atoms with van der Waals surface area (Å²) in [6.07, 6.45) is 2.78. The van der Waals surface area contributed by atoms with Crippen LogP contribution in [0.5, 0.6) is 5.75 Å². The zero-order chi connectivity index (χ0) is 13.8. The number of benzene rings is 1. The van der Waals surface area contributed by atoms with Gasteiger partial charge in [-0.25, -0.2) is 9.97 Å². The molecule has 0 saturated carbocycles. The van der Waals surface area contributed by atoms with E-state index in [0.29, 0.717) is 0 Å². The molecule has 2 rings (SSSR count). The van der Waals surface area contributed by atoms with Crippen molar-refractivity contribution in [2.75, 3.05) is 7.11 Å². The fourth-order valence-electron chi connectivity index (χ4n) is 1.97. The molecule has 3 nitrogen and oxygen atoms in total. The number of halogens is 1. The summed E-state index contributed by atoms with van der Waals surface area (Å²) in [6.45, 7) is 4.14. The lowest BCUT2D eigenvalue weighted by Gasteiger charge is -2.10. The Kier molecular flexibility index (Phi) is 4.53. The van der Waals surface area contributed by atoms with E-state index in [1.807, 2.05) is 31.3 Å². The molecule has 19 heavy (non-hydrogen) atoms. The van der Waals surface area contributed by atoms with Crippen LogP contribution in [-0.4, -0.2) is 17.1 Å². The molecular formula is C15H17BrN2O. The van der Waals surface area contributed by atoms with Crippen LogP contribution >= 0.6 is 15.9 Å². The molecule has 0 fully saturated rings. The molecule has 1 heterocycles. The molecule has 0 aliphatic rings. The average Bonchev–Trinajstić information content (AvgIpc) is 2.46. The fourth-order valence-corrected chi connectivity index (χ4v) is 2.44. The van der Waals surface area contributed by atoms with Crippen molar-refractivity contribution in [3.05, 3.63) is 41.2 Å². The Morgan fingerprint density at radius 2 is 2.11 bits per heavy atom. The van der Waals surface area contributed by atoms with Crippen molar-refractivity contribution in [3.63, 3.8) is 0 Å². The second-order valence-corrected chi connectivity index (χ2v) is 4.92. The van der Waals surface area contributed by atoms with Crippen LogP contribution in [0.4, 0.5) is 0 Å². The molecule has 0 saturated heterocycles. The first-order valence-corrected chi connectivity index (χ1v) is 7.37. The lowest BCUT2D eigenvalue weighted by Crippen LogP contribution is -2.00. The maximum Gasteiger partial charge on any atom is 0.163 e. The second-order valence-electron chi connectivity index (χ2n) is 4.36. The van der Waals surface area contributed by atoms with Crippen LogP contribution in [-0.2, 0) is 11.8 Å². The van der Waals surface area contributed by atoms with Crippen molar-refractivity contribution in [1.29, 1.82) is 0 Å². The van der Waals surface area contributed by atoms with Gasteiger partial charge in [0, 0.05) is 22.8 Å². The van der Waals surface area contributed by atoms with Gasteiger partial charge >= 0.3 is 0 Å². The van der Waals surface area contributed by atoms with E-state index in [1.165, 1.54) is 0 Å². The monoisotopic (exact) mass is 320 g/mol. The Labute approximate surface area is 122 Å². The molecule has 100 valence electrons. The van der Waals surface area contributed by atoms with Crippen LogP contribution < -0.4 is 4.74 Å². The van der Waals surface area contributed by atoms with Gasteiger partial charge in [-0.05, 0) is 31.0 Å². The zero-order valence-electron chi connectivity index (χ0n) is 11.4. The van der Waals surface area contributed by atoms with Crippen LogP contribution in [0.2, 0.25) is 0 Å². The molecule has 0 aliphatic carbocycles. The predicted octanol–water partition coefficient (Wildman–Crippen LogP) is 3.92. The molecule has 0 atom stereocenters. The summed E-state index contributed by atoms with van der Waals surface area (Å²) < 4.78 is 5.42. The van der Waals surface area contributed by atoms with Crippen LogP contribution in [0.1, 0.15) is 23.7 Å². The van der Waals surface area contributed by atoms with Gasteiger partial charge in [-0.15, -0.1) is 0 Å². The van der Waals surface area contributed by atoms with Crippen LogP contribution in [0.15, 0.2) is 24.4 Å². The van der Waals surface area contributed by atoms with Crippen molar-refractivity contribution < 1.29 is 4.74 Å². The minimum atomic E-state index is 0.721. The standard InChI is InChI=1S/C15H17BrN2O/c1-4-13-11(8-16)9-17-15(18-13)12-6-5-10(2)7-14(12)19-3/h5-7,9H,4,8H2,1-3H3. The van der Waals surface area contributed by atoms with Crippen molar-refractivity contribution in [2.24, 2.45) is 0 Å². The number of aryl methyl sites for hydroxylation is 2. The summed E-state index contributed by atoms with van der Waals surface area (Å²) in [6, 6.07) is 6.06. The van der Waals surface area contributed by atoms with Gasteiger partial charge in [-0.3, -0.25) is 0 Å². The van der Waals surface area contributed by atoms with Crippen molar-refractivity contribution in [2.45, 2.75) is 25.6 Å². The third-order valence-corrected chi connectivity index (χ3v) is 3.64. The maximum atomic E-state index is 5.42. The summed E-state index contributed by atoms with van der Waals surface area (Å²) in [5.74, 6) is 1.53. The van der Waals surface area contributed by atoms with E-state index in [2.05, 4.69) is 32.8 Å². The molecule has 0 radical (unpaired) electrons. The number of hydrogen-bond acceptors (Lipinski definition) is 3. The highest BCUT2D eigenvalue weighted by Gasteiger charge is 2.11. The van der Waals surface area contributed by atoms with Gasteiger partial charge in [0.15, 0.2) is 5.82 Å². The Morgan fingerprint density at radius 3 is 2.74 bits per heavy atom. The van der Waals surface area contributed by atoms with Gasteiger partial charge < -0.3 is 4.74 Å². The topological polar surface area (TPSA) is 35.0 Å². The van der Waals surface area contributed by atoms with E-state index in [0.717, 1.165) is 45.7 Å². The number of aromatic nitrogens is 2. The van der Waals surface area contributed by atoms with E-state index >= 15 is 0 Å². The number of hydrogen-bond donors (Lipinski definition) is 0. The highest BCUT2D eigenvalue weighted by atomic mass is 79.9. The quantitative estimate of drug-likeness (QED) is 0.801. The number of ether oxygens (including phenoxy) is 1. The van der Waals surface area contributed by atoms with E-state index in [9.17, 15) is 0 Å². The molecule has 4 heteroatoms. The third kappa shape index (κ3) is 2.95. The lowest BCUT2D eigenvalue weighted by atomic mass is 10.1. The number of nitrogens with zero attached hydrogens (tertiary/aromatic N) is 2. The van der Waals surface area contributed by atoms with Gasteiger partial charge in [-0.2, -0.15) is 0 Å². The van der Waals surface area contributed by atoms with Gasteiger partial charge in [0.2, 0.25) is 0 Å². The van der Waals surface area contributed by atoms with Gasteiger partial charge in [0.25, 0.3) is 0 Å². The maximum absolute atomic E-state index is 5.42. The number of rotatable bonds is 4. The van der Waals surface area contributed by atoms with Gasteiger partial charge in [0.1, 0.15) is 5.75 Å². The molecule has 1 aromatic heterocycles. The lowest BCUT2D eigenvalue weighted by molar-refractivity contribution is 0.416. The van der Waals surface area contributed by atoms with Crippen LogP contribution in [0, 0.1) is 6.92 Å². The smallest absolute Gasteiger partial charge is 0.163 e. The molecule has 1 aromatic carbocycles. The summed E-state index contributed by atoms with van der Waals surface area (Å²) in [4.78, 5) is 9.09. The highest BCUT2D eigenvalue weighted by molar-refractivity contribution is 9.08. The number of alkyl halides is 1. The molecule has 0 amide bonds. The Hall–Kier alpha value is -1.42. The SMILES string of the molecule is CCc1nc(-c2ccc(C)cc2OC)ncc1CBr. The Balaban J connectivity index is 2.53. The van der Waals surface area contributed by atoms with Gasteiger partial charge in [-0.1, -0.05) is 28.9 Å². The number of methoxy groups -OCH3 is 1. The normalized spacial score (nSPS) is 10.5. The van der Waals surface area contributed by atoms with E-state index < -0.39 is 0 Å². The zero-order valence-corrected chi connectivity index (χ0v) is 13.0. The van der Waals surface area contributed by atoms with E-state index in [4.69, 9.17) is 4.74 Å². The summed E-state index contributed by atoms with van der Waals surface area (Å²) in [5.41, 5.74) is 4.30. The fraction of sp³-hybridized carbons (Fsp3) is 0.333. The van der Waals surface area contributed by atoms with Crippen molar-refractivity contribution in [3.8, 4) is 17.1 Å². The van der Waals surface area contributed by atoms with Gasteiger partial charge in [0.05, 0.1) is 12.7 Å². The van der Waals surface area contributed by atoms with Crippen LogP contribution in [0.25, 0.3) is 11.4 Å². The first-order valence-electron chi connectivity index (χ1n) is 6.25. The van der Waals surface area contributed by atoms with Crippen LogP contribution in [0.3, 0.4) is 0 Å². The summed E-state index contributed by atoms with van der Waals surface area (Å²) in [7, 11) is 1.67. The molecule has 0 N–H and O–H groups in total. The predicted molar refractivity (Wildman–Crippen MR) is 80.8 cm³/mol.